The quantitative estimate of drug-likeness (QED) is 0.861. The predicted molar refractivity (Wildman–Crippen MR) is 72.3 cm³/mol. The van der Waals surface area contributed by atoms with Gasteiger partial charge in [0.15, 0.2) is 0 Å². The number of rotatable bonds is 5. The van der Waals surface area contributed by atoms with Gasteiger partial charge < -0.3 is 11.1 Å². The van der Waals surface area contributed by atoms with Crippen molar-refractivity contribution in [3.05, 3.63) is 28.8 Å². The third-order valence-electron chi connectivity index (χ3n) is 3.11. The van der Waals surface area contributed by atoms with Crippen LogP contribution in [0.4, 0.5) is 18.9 Å². The van der Waals surface area contributed by atoms with E-state index in [-0.39, 0.29) is 22.5 Å². The fourth-order valence-electron chi connectivity index (χ4n) is 1.76. The van der Waals surface area contributed by atoms with E-state index in [1.54, 1.807) is 0 Å². The van der Waals surface area contributed by atoms with Crippen molar-refractivity contribution in [1.82, 2.24) is 0 Å². The van der Waals surface area contributed by atoms with Gasteiger partial charge in [0.25, 0.3) is 0 Å². The van der Waals surface area contributed by atoms with Gasteiger partial charge in [-0.05, 0) is 30.5 Å². The summed E-state index contributed by atoms with van der Waals surface area (Å²) in [5, 5.41) is 2.85. The Labute approximate surface area is 116 Å². The standard InChI is InChI=1S/C13H18ClF3N2/c1-8(2)9(6-18)7-19-12-10(13(15,16)17)4-3-5-11(12)14/h3-5,8-9,19H,6-7,18H2,1-2H3. The Kier molecular flexibility index (Phi) is 5.50. The highest BCUT2D eigenvalue weighted by Gasteiger charge is 2.34. The third kappa shape index (κ3) is 4.28. The van der Waals surface area contributed by atoms with E-state index < -0.39 is 11.7 Å². The Hall–Kier alpha value is -0.940. The number of nitrogens with one attached hydrogen (secondary N) is 1. The predicted octanol–water partition coefficient (Wildman–Crippen LogP) is 4.00. The van der Waals surface area contributed by atoms with Gasteiger partial charge in [0, 0.05) is 6.54 Å². The van der Waals surface area contributed by atoms with Crippen LogP contribution < -0.4 is 11.1 Å². The average Bonchev–Trinajstić information content (AvgIpc) is 2.29. The number of alkyl halides is 3. The summed E-state index contributed by atoms with van der Waals surface area (Å²) in [5.41, 5.74) is 4.78. The van der Waals surface area contributed by atoms with Crippen molar-refractivity contribution in [1.29, 1.82) is 0 Å². The highest BCUT2D eigenvalue weighted by atomic mass is 35.5. The molecule has 2 nitrogen and oxygen atoms in total. The van der Waals surface area contributed by atoms with E-state index in [0.717, 1.165) is 6.07 Å². The number of hydrogen-bond acceptors (Lipinski definition) is 2. The Morgan fingerprint density at radius 3 is 2.42 bits per heavy atom. The summed E-state index contributed by atoms with van der Waals surface area (Å²) < 4.78 is 38.6. The Morgan fingerprint density at radius 1 is 1.32 bits per heavy atom. The van der Waals surface area contributed by atoms with Gasteiger partial charge >= 0.3 is 6.18 Å². The van der Waals surface area contributed by atoms with E-state index in [0.29, 0.717) is 13.1 Å². The van der Waals surface area contributed by atoms with Crippen LogP contribution in [0.3, 0.4) is 0 Å². The number of hydrogen-bond donors (Lipinski definition) is 2. The van der Waals surface area contributed by atoms with Crippen LogP contribution in [-0.4, -0.2) is 13.1 Å². The zero-order valence-corrected chi connectivity index (χ0v) is 11.6. The first kappa shape index (κ1) is 16.1. The van der Waals surface area contributed by atoms with Crippen molar-refractivity contribution in [3.8, 4) is 0 Å². The van der Waals surface area contributed by atoms with Crippen molar-refractivity contribution in [2.24, 2.45) is 17.6 Å². The molecule has 6 heteroatoms. The van der Waals surface area contributed by atoms with E-state index >= 15 is 0 Å². The molecule has 1 rings (SSSR count). The van der Waals surface area contributed by atoms with Crippen LogP contribution in [0.1, 0.15) is 19.4 Å². The smallest absolute Gasteiger partial charge is 0.383 e. The molecule has 0 radical (unpaired) electrons. The molecule has 1 aromatic rings. The van der Waals surface area contributed by atoms with Gasteiger partial charge in [0.2, 0.25) is 0 Å². The maximum Gasteiger partial charge on any atom is 0.418 e. The minimum absolute atomic E-state index is 0.0642. The Balaban J connectivity index is 2.94. The number of halogens is 4. The molecule has 1 atom stereocenters. The molecule has 0 saturated carbocycles. The summed E-state index contributed by atoms with van der Waals surface area (Å²) in [6, 6.07) is 3.74. The summed E-state index contributed by atoms with van der Waals surface area (Å²) in [7, 11) is 0. The van der Waals surface area contributed by atoms with E-state index in [1.165, 1.54) is 12.1 Å². The third-order valence-corrected chi connectivity index (χ3v) is 3.42. The molecule has 0 aromatic heterocycles. The summed E-state index contributed by atoms with van der Waals surface area (Å²) in [5.74, 6) is 0.381. The van der Waals surface area contributed by atoms with Crippen LogP contribution >= 0.6 is 11.6 Å². The van der Waals surface area contributed by atoms with Gasteiger partial charge in [-0.2, -0.15) is 13.2 Å². The highest BCUT2D eigenvalue weighted by Crippen LogP contribution is 2.38. The summed E-state index contributed by atoms with van der Waals surface area (Å²) in [6.07, 6.45) is -4.43. The molecule has 0 aliphatic heterocycles. The lowest BCUT2D eigenvalue weighted by Crippen LogP contribution is -2.28. The van der Waals surface area contributed by atoms with Crippen LogP contribution in [0, 0.1) is 11.8 Å². The monoisotopic (exact) mass is 294 g/mol. The van der Waals surface area contributed by atoms with Gasteiger partial charge in [-0.15, -0.1) is 0 Å². The lowest BCUT2D eigenvalue weighted by molar-refractivity contribution is -0.136. The maximum absolute atomic E-state index is 12.9. The SMILES string of the molecule is CC(C)C(CN)CNc1c(Cl)cccc1C(F)(F)F. The van der Waals surface area contributed by atoms with E-state index in [1.807, 2.05) is 13.8 Å². The first-order chi connectivity index (χ1) is 8.77. The molecule has 0 fully saturated rings. The second-order valence-electron chi connectivity index (χ2n) is 4.78. The Morgan fingerprint density at radius 2 is 1.95 bits per heavy atom. The molecule has 19 heavy (non-hydrogen) atoms. The molecule has 0 saturated heterocycles. The molecule has 1 aromatic carbocycles. The molecule has 0 heterocycles. The second kappa shape index (κ2) is 6.48. The number of anilines is 1. The fraction of sp³-hybridized carbons (Fsp3) is 0.538. The lowest BCUT2D eigenvalue weighted by atomic mass is 9.96. The second-order valence-corrected chi connectivity index (χ2v) is 5.19. The summed E-state index contributed by atoms with van der Waals surface area (Å²) in [6.45, 7) is 4.74. The van der Waals surface area contributed by atoms with Crippen molar-refractivity contribution >= 4 is 17.3 Å². The number of benzene rings is 1. The van der Waals surface area contributed by atoms with E-state index in [4.69, 9.17) is 17.3 Å². The van der Waals surface area contributed by atoms with Crippen LogP contribution in [0.5, 0.6) is 0 Å². The normalized spacial score (nSPS) is 13.7. The van der Waals surface area contributed by atoms with E-state index in [2.05, 4.69) is 5.32 Å². The maximum atomic E-state index is 12.9. The molecule has 0 spiro atoms. The zero-order valence-electron chi connectivity index (χ0n) is 10.9. The first-order valence-electron chi connectivity index (χ1n) is 6.07. The van der Waals surface area contributed by atoms with Gasteiger partial charge in [-0.3, -0.25) is 0 Å². The van der Waals surface area contributed by atoms with Gasteiger partial charge in [0.1, 0.15) is 0 Å². The summed E-state index contributed by atoms with van der Waals surface area (Å²) >= 11 is 5.85. The van der Waals surface area contributed by atoms with Crippen LogP contribution in [0.15, 0.2) is 18.2 Å². The van der Waals surface area contributed by atoms with Crippen molar-refractivity contribution in [2.75, 3.05) is 18.4 Å². The summed E-state index contributed by atoms with van der Waals surface area (Å²) in [4.78, 5) is 0. The van der Waals surface area contributed by atoms with Crippen molar-refractivity contribution in [3.63, 3.8) is 0 Å². The van der Waals surface area contributed by atoms with Crippen LogP contribution in [0.25, 0.3) is 0 Å². The topological polar surface area (TPSA) is 38.0 Å². The minimum Gasteiger partial charge on any atom is -0.383 e. The number of nitrogens with two attached hydrogens (primary N) is 1. The van der Waals surface area contributed by atoms with Gasteiger partial charge in [-0.1, -0.05) is 31.5 Å². The molecule has 1 unspecified atom stereocenters. The number of para-hydroxylation sites is 1. The Bertz CT molecular complexity index is 419. The zero-order chi connectivity index (χ0) is 14.6. The molecule has 3 N–H and O–H groups in total. The van der Waals surface area contributed by atoms with Crippen molar-refractivity contribution in [2.45, 2.75) is 20.0 Å². The highest BCUT2D eigenvalue weighted by molar-refractivity contribution is 6.33. The minimum atomic E-state index is -4.43. The molecule has 0 bridgehead atoms. The average molecular weight is 295 g/mol. The molecule has 0 amide bonds. The van der Waals surface area contributed by atoms with Crippen LogP contribution in [-0.2, 0) is 6.18 Å². The largest absolute Gasteiger partial charge is 0.418 e. The van der Waals surface area contributed by atoms with Crippen LogP contribution in [0.2, 0.25) is 5.02 Å². The molecule has 0 aliphatic rings. The van der Waals surface area contributed by atoms with E-state index in [9.17, 15) is 13.2 Å². The van der Waals surface area contributed by atoms with Gasteiger partial charge in [0.05, 0.1) is 16.3 Å². The molecule has 108 valence electrons. The van der Waals surface area contributed by atoms with Gasteiger partial charge in [-0.25, -0.2) is 0 Å². The fourth-order valence-corrected chi connectivity index (χ4v) is 2.01. The van der Waals surface area contributed by atoms with Crippen molar-refractivity contribution < 1.29 is 13.2 Å². The first-order valence-corrected chi connectivity index (χ1v) is 6.44. The lowest BCUT2D eigenvalue weighted by Gasteiger charge is -2.22. The molecular weight excluding hydrogens is 277 g/mol. The molecular formula is C13H18ClF3N2. The molecule has 0 aliphatic carbocycles.